The Hall–Kier alpha value is -2.10. The maximum atomic E-state index is 13.2. The fraction of sp³-hybridized carbons (Fsp3) is 0.250. The Morgan fingerprint density at radius 1 is 1.05 bits per heavy atom. The highest BCUT2D eigenvalue weighted by atomic mass is 19.2. The van der Waals surface area contributed by atoms with Gasteiger partial charge in [0.15, 0.2) is 11.6 Å². The summed E-state index contributed by atoms with van der Waals surface area (Å²) in [6, 6.07) is 9.49. The predicted octanol–water partition coefficient (Wildman–Crippen LogP) is 4.45. The number of hydrogen-bond acceptors (Lipinski definition) is 2. The first-order chi connectivity index (χ1) is 9.51. The number of methoxy groups -OCH3 is 1. The Kier molecular flexibility index (Phi) is 4.23. The van der Waals surface area contributed by atoms with Crippen molar-refractivity contribution in [1.29, 1.82) is 0 Å². The van der Waals surface area contributed by atoms with E-state index in [0.29, 0.717) is 5.56 Å². The quantitative estimate of drug-likeness (QED) is 0.891. The second kappa shape index (κ2) is 5.90. The zero-order valence-electron chi connectivity index (χ0n) is 11.7. The van der Waals surface area contributed by atoms with Crippen molar-refractivity contribution in [3.63, 3.8) is 0 Å². The van der Waals surface area contributed by atoms with Crippen LogP contribution in [0.3, 0.4) is 0 Å². The zero-order valence-corrected chi connectivity index (χ0v) is 11.7. The topological polar surface area (TPSA) is 21.3 Å². The number of anilines is 1. The van der Waals surface area contributed by atoms with E-state index in [1.165, 1.54) is 6.07 Å². The maximum Gasteiger partial charge on any atom is 0.159 e. The summed E-state index contributed by atoms with van der Waals surface area (Å²) < 4.78 is 31.3. The minimum atomic E-state index is -0.832. The SMILES string of the molecule is COc1ccc(NC(C)c2ccc(F)c(F)c2)c(C)c1. The fourth-order valence-electron chi connectivity index (χ4n) is 2.02. The molecule has 4 heteroatoms. The summed E-state index contributed by atoms with van der Waals surface area (Å²) in [5, 5.41) is 3.28. The van der Waals surface area contributed by atoms with Crippen molar-refractivity contribution < 1.29 is 13.5 Å². The zero-order chi connectivity index (χ0) is 14.7. The van der Waals surface area contributed by atoms with Crippen LogP contribution in [0, 0.1) is 18.6 Å². The van der Waals surface area contributed by atoms with Crippen LogP contribution in [0.4, 0.5) is 14.5 Å². The van der Waals surface area contributed by atoms with E-state index in [1.54, 1.807) is 13.2 Å². The number of rotatable bonds is 4. The maximum absolute atomic E-state index is 13.2. The Balaban J connectivity index is 2.18. The second-order valence-corrected chi connectivity index (χ2v) is 4.72. The standard InChI is InChI=1S/C16H17F2NO/c1-10-8-13(20-3)5-7-16(10)19-11(2)12-4-6-14(17)15(18)9-12/h4-9,11,19H,1-3H3. The molecule has 2 aromatic rings. The Morgan fingerprint density at radius 2 is 1.80 bits per heavy atom. The molecule has 0 bridgehead atoms. The van der Waals surface area contributed by atoms with E-state index in [2.05, 4.69) is 5.32 Å². The lowest BCUT2D eigenvalue weighted by atomic mass is 10.1. The lowest BCUT2D eigenvalue weighted by molar-refractivity contribution is 0.414. The summed E-state index contributed by atoms with van der Waals surface area (Å²) in [6.45, 7) is 3.86. The number of nitrogens with one attached hydrogen (secondary N) is 1. The van der Waals surface area contributed by atoms with Crippen LogP contribution in [0.1, 0.15) is 24.1 Å². The third kappa shape index (κ3) is 3.07. The van der Waals surface area contributed by atoms with Gasteiger partial charge in [-0.05, 0) is 55.3 Å². The largest absolute Gasteiger partial charge is 0.497 e. The van der Waals surface area contributed by atoms with Gasteiger partial charge in [0.1, 0.15) is 5.75 Å². The van der Waals surface area contributed by atoms with Crippen molar-refractivity contribution in [2.24, 2.45) is 0 Å². The third-order valence-electron chi connectivity index (χ3n) is 3.25. The summed E-state index contributed by atoms with van der Waals surface area (Å²) in [5.41, 5.74) is 2.65. The molecule has 0 aromatic heterocycles. The number of hydrogen-bond donors (Lipinski definition) is 1. The van der Waals surface area contributed by atoms with Crippen molar-refractivity contribution in [2.45, 2.75) is 19.9 Å². The lowest BCUT2D eigenvalue weighted by Crippen LogP contribution is -2.08. The molecule has 0 spiro atoms. The summed E-state index contributed by atoms with van der Waals surface area (Å²) in [7, 11) is 1.62. The van der Waals surface area contributed by atoms with E-state index in [4.69, 9.17) is 4.74 Å². The van der Waals surface area contributed by atoms with Gasteiger partial charge in [0.2, 0.25) is 0 Å². The number of halogens is 2. The third-order valence-corrected chi connectivity index (χ3v) is 3.25. The van der Waals surface area contributed by atoms with Crippen LogP contribution >= 0.6 is 0 Å². The van der Waals surface area contributed by atoms with E-state index < -0.39 is 11.6 Å². The van der Waals surface area contributed by atoms with Gasteiger partial charge in [0.25, 0.3) is 0 Å². The first kappa shape index (κ1) is 14.3. The highest BCUT2D eigenvalue weighted by Crippen LogP contribution is 2.26. The predicted molar refractivity (Wildman–Crippen MR) is 76.1 cm³/mol. The van der Waals surface area contributed by atoms with Gasteiger partial charge in [-0.15, -0.1) is 0 Å². The molecule has 0 heterocycles. The minimum absolute atomic E-state index is 0.128. The molecule has 0 aliphatic heterocycles. The van der Waals surface area contributed by atoms with E-state index >= 15 is 0 Å². The smallest absolute Gasteiger partial charge is 0.159 e. The minimum Gasteiger partial charge on any atom is -0.497 e. The Bertz CT molecular complexity index is 613. The summed E-state index contributed by atoms with van der Waals surface area (Å²) in [5.74, 6) is -0.877. The van der Waals surface area contributed by atoms with E-state index in [1.807, 2.05) is 32.0 Å². The molecule has 2 aromatic carbocycles. The highest BCUT2D eigenvalue weighted by molar-refractivity contribution is 5.54. The summed E-state index contributed by atoms with van der Waals surface area (Å²) in [6.07, 6.45) is 0. The molecular formula is C16H17F2NO. The van der Waals surface area contributed by atoms with Crippen LogP contribution in [0.2, 0.25) is 0 Å². The van der Waals surface area contributed by atoms with Crippen LogP contribution in [0.15, 0.2) is 36.4 Å². The van der Waals surface area contributed by atoms with Crippen LogP contribution in [0.25, 0.3) is 0 Å². The van der Waals surface area contributed by atoms with Gasteiger partial charge in [0.05, 0.1) is 7.11 Å². The molecule has 1 atom stereocenters. The van der Waals surface area contributed by atoms with E-state index in [9.17, 15) is 8.78 Å². The normalized spacial score (nSPS) is 12.1. The van der Waals surface area contributed by atoms with Crippen LogP contribution in [-0.2, 0) is 0 Å². The molecule has 0 aliphatic carbocycles. The fourth-order valence-corrected chi connectivity index (χ4v) is 2.02. The van der Waals surface area contributed by atoms with Gasteiger partial charge in [-0.1, -0.05) is 6.07 Å². The molecule has 0 saturated heterocycles. The van der Waals surface area contributed by atoms with Crippen molar-refractivity contribution in [2.75, 3.05) is 12.4 Å². The van der Waals surface area contributed by atoms with Crippen molar-refractivity contribution in [1.82, 2.24) is 0 Å². The Morgan fingerprint density at radius 3 is 2.40 bits per heavy atom. The summed E-state index contributed by atoms with van der Waals surface area (Å²) in [4.78, 5) is 0. The second-order valence-electron chi connectivity index (χ2n) is 4.72. The molecule has 1 N–H and O–H groups in total. The molecule has 20 heavy (non-hydrogen) atoms. The van der Waals surface area contributed by atoms with Gasteiger partial charge in [-0.2, -0.15) is 0 Å². The number of benzene rings is 2. The molecule has 0 amide bonds. The molecule has 106 valence electrons. The molecule has 2 rings (SSSR count). The molecule has 0 aliphatic rings. The average molecular weight is 277 g/mol. The van der Waals surface area contributed by atoms with Crippen LogP contribution < -0.4 is 10.1 Å². The van der Waals surface area contributed by atoms with Crippen molar-refractivity contribution in [3.05, 3.63) is 59.2 Å². The molecule has 0 saturated carbocycles. The first-order valence-electron chi connectivity index (χ1n) is 6.37. The molecule has 2 nitrogen and oxygen atoms in total. The first-order valence-corrected chi connectivity index (χ1v) is 6.37. The van der Waals surface area contributed by atoms with Crippen molar-refractivity contribution in [3.8, 4) is 5.75 Å². The molecule has 0 fully saturated rings. The lowest BCUT2D eigenvalue weighted by Gasteiger charge is -2.18. The van der Waals surface area contributed by atoms with Gasteiger partial charge >= 0.3 is 0 Å². The van der Waals surface area contributed by atoms with Gasteiger partial charge in [-0.3, -0.25) is 0 Å². The van der Waals surface area contributed by atoms with Gasteiger partial charge < -0.3 is 10.1 Å². The van der Waals surface area contributed by atoms with Crippen molar-refractivity contribution >= 4 is 5.69 Å². The monoisotopic (exact) mass is 277 g/mol. The van der Waals surface area contributed by atoms with E-state index in [0.717, 1.165) is 23.1 Å². The number of ether oxygens (including phenoxy) is 1. The molecular weight excluding hydrogens is 260 g/mol. The molecule has 0 radical (unpaired) electrons. The van der Waals surface area contributed by atoms with Gasteiger partial charge in [-0.25, -0.2) is 8.78 Å². The summed E-state index contributed by atoms with van der Waals surface area (Å²) >= 11 is 0. The van der Waals surface area contributed by atoms with Gasteiger partial charge in [0, 0.05) is 11.7 Å². The molecule has 1 unspecified atom stereocenters. The van der Waals surface area contributed by atoms with Crippen LogP contribution in [-0.4, -0.2) is 7.11 Å². The highest BCUT2D eigenvalue weighted by Gasteiger charge is 2.10. The van der Waals surface area contributed by atoms with E-state index in [-0.39, 0.29) is 6.04 Å². The van der Waals surface area contributed by atoms with Crippen LogP contribution in [0.5, 0.6) is 5.75 Å². The number of aryl methyl sites for hydroxylation is 1. The Labute approximate surface area is 117 Å². The average Bonchev–Trinajstić information content (AvgIpc) is 2.43.